The monoisotopic (exact) mass is 306 g/mol. The molecule has 0 saturated heterocycles. The van der Waals surface area contributed by atoms with Crippen LogP contribution in [0.15, 0.2) is 72.8 Å². The molecule has 0 aromatic heterocycles. The van der Waals surface area contributed by atoms with E-state index in [0.717, 1.165) is 17.5 Å². The first-order valence-electron chi connectivity index (χ1n) is 7.73. The van der Waals surface area contributed by atoms with Crippen molar-refractivity contribution in [3.8, 4) is 22.6 Å². The van der Waals surface area contributed by atoms with E-state index in [1.165, 1.54) is 11.1 Å². The summed E-state index contributed by atoms with van der Waals surface area (Å²) in [6.07, 6.45) is 1.15. The summed E-state index contributed by atoms with van der Waals surface area (Å²) in [6, 6.07) is 22.4. The number of benzene rings is 3. The highest BCUT2D eigenvalue weighted by Crippen LogP contribution is 2.30. The Kier molecular flexibility index (Phi) is 5.81. The van der Waals surface area contributed by atoms with Crippen LogP contribution in [0.25, 0.3) is 11.1 Å². The smallest absolute Gasteiger partial charge is 0.123 e. The molecule has 0 radical (unpaired) electrons. The zero-order valence-electron chi connectivity index (χ0n) is 13.5. The lowest BCUT2D eigenvalue weighted by Crippen LogP contribution is -1.82. The highest BCUT2D eigenvalue weighted by molar-refractivity contribution is 5.70. The van der Waals surface area contributed by atoms with E-state index in [-0.39, 0.29) is 11.5 Å². The first kappa shape index (κ1) is 16.6. The van der Waals surface area contributed by atoms with Crippen molar-refractivity contribution >= 4 is 0 Å². The lowest BCUT2D eigenvalue weighted by atomic mass is 10.0. The largest absolute Gasteiger partial charge is 0.508 e. The predicted octanol–water partition coefficient (Wildman–Crippen LogP) is 5.32. The zero-order valence-corrected chi connectivity index (χ0v) is 13.5. The average molecular weight is 306 g/mol. The van der Waals surface area contributed by atoms with Gasteiger partial charge >= 0.3 is 0 Å². The standard InChI is InChI=1S/C12H10O2.C9H12/c13-10-5-3-4-9(8-10)11-6-1-2-7-12(11)14;1-3-9-7-5-4-6-8(9)2/h1-8,13-14H;4-7H,3H2,1-2H3. The van der Waals surface area contributed by atoms with Crippen LogP contribution in [0.1, 0.15) is 18.1 Å². The number of aryl methyl sites for hydroxylation is 2. The van der Waals surface area contributed by atoms with Gasteiger partial charge in [0.2, 0.25) is 0 Å². The first-order chi connectivity index (χ1) is 11.1. The van der Waals surface area contributed by atoms with Gasteiger partial charge in [-0.15, -0.1) is 0 Å². The molecule has 0 amide bonds. The molecule has 0 aliphatic carbocycles. The van der Waals surface area contributed by atoms with Crippen LogP contribution >= 0.6 is 0 Å². The van der Waals surface area contributed by atoms with Crippen molar-refractivity contribution in [1.29, 1.82) is 0 Å². The van der Waals surface area contributed by atoms with Gasteiger partial charge in [0.05, 0.1) is 0 Å². The Labute approximate surface area is 137 Å². The molecule has 0 unspecified atom stereocenters. The third kappa shape index (κ3) is 4.62. The van der Waals surface area contributed by atoms with E-state index < -0.39 is 0 Å². The highest BCUT2D eigenvalue weighted by atomic mass is 16.3. The van der Waals surface area contributed by atoms with E-state index in [2.05, 4.69) is 38.1 Å². The molecule has 2 heteroatoms. The molecule has 0 atom stereocenters. The van der Waals surface area contributed by atoms with Crippen molar-refractivity contribution in [2.24, 2.45) is 0 Å². The number of hydrogen-bond donors (Lipinski definition) is 2. The van der Waals surface area contributed by atoms with Crippen molar-refractivity contribution in [1.82, 2.24) is 0 Å². The Hall–Kier alpha value is -2.74. The number of rotatable bonds is 2. The molecule has 0 bridgehead atoms. The fourth-order valence-electron chi connectivity index (χ4n) is 2.40. The number of phenolic OH excluding ortho intramolecular Hbond substituents is 2. The van der Waals surface area contributed by atoms with E-state index in [1.807, 2.05) is 18.2 Å². The van der Waals surface area contributed by atoms with Gasteiger partial charge in [-0.05, 0) is 48.2 Å². The number of para-hydroxylation sites is 1. The highest BCUT2D eigenvalue weighted by Gasteiger charge is 2.02. The number of hydrogen-bond acceptors (Lipinski definition) is 2. The molecule has 0 spiro atoms. The lowest BCUT2D eigenvalue weighted by molar-refractivity contribution is 0.474. The van der Waals surface area contributed by atoms with Crippen LogP contribution in [-0.2, 0) is 6.42 Å². The first-order valence-corrected chi connectivity index (χ1v) is 7.73. The fraction of sp³-hybridized carbons (Fsp3) is 0.143. The summed E-state index contributed by atoms with van der Waals surface area (Å²) in [6.45, 7) is 4.33. The normalized spacial score (nSPS) is 9.83. The van der Waals surface area contributed by atoms with E-state index in [9.17, 15) is 10.2 Å². The predicted molar refractivity (Wildman–Crippen MR) is 95.8 cm³/mol. The Bertz CT molecular complexity index is 763. The summed E-state index contributed by atoms with van der Waals surface area (Å²) in [7, 11) is 0. The van der Waals surface area contributed by atoms with Gasteiger partial charge in [0.25, 0.3) is 0 Å². The maximum atomic E-state index is 9.57. The minimum Gasteiger partial charge on any atom is -0.508 e. The van der Waals surface area contributed by atoms with Crippen LogP contribution in [0.3, 0.4) is 0 Å². The van der Waals surface area contributed by atoms with Crippen molar-refractivity contribution in [2.45, 2.75) is 20.3 Å². The Morgan fingerprint density at radius 3 is 2.09 bits per heavy atom. The van der Waals surface area contributed by atoms with Crippen LogP contribution in [0.5, 0.6) is 11.5 Å². The summed E-state index contributed by atoms with van der Waals surface area (Å²) in [5.41, 5.74) is 4.39. The molecule has 3 aromatic carbocycles. The molecule has 0 heterocycles. The van der Waals surface area contributed by atoms with Crippen molar-refractivity contribution in [2.75, 3.05) is 0 Å². The minimum atomic E-state index is 0.200. The molecule has 0 saturated carbocycles. The number of phenols is 2. The molecule has 0 aliphatic heterocycles. The molecule has 0 fully saturated rings. The zero-order chi connectivity index (χ0) is 16.7. The van der Waals surface area contributed by atoms with Crippen LogP contribution < -0.4 is 0 Å². The Morgan fingerprint density at radius 1 is 0.783 bits per heavy atom. The molecule has 3 rings (SSSR count). The molecule has 0 aliphatic rings. The molecule has 23 heavy (non-hydrogen) atoms. The molecular weight excluding hydrogens is 284 g/mol. The van der Waals surface area contributed by atoms with Crippen LogP contribution in [-0.4, -0.2) is 10.2 Å². The summed E-state index contributed by atoms with van der Waals surface area (Å²) in [5.74, 6) is 0.420. The topological polar surface area (TPSA) is 40.5 Å². The maximum absolute atomic E-state index is 9.57. The van der Waals surface area contributed by atoms with Gasteiger partial charge < -0.3 is 10.2 Å². The lowest BCUT2D eigenvalue weighted by Gasteiger charge is -2.04. The van der Waals surface area contributed by atoms with Gasteiger partial charge in [-0.25, -0.2) is 0 Å². The minimum absolute atomic E-state index is 0.200. The van der Waals surface area contributed by atoms with E-state index in [1.54, 1.807) is 30.3 Å². The molecule has 2 nitrogen and oxygen atoms in total. The second-order valence-electron chi connectivity index (χ2n) is 5.35. The third-order valence-corrected chi connectivity index (χ3v) is 3.70. The van der Waals surface area contributed by atoms with Gasteiger partial charge in [-0.3, -0.25) is 0 Å². The second kappa shape index (κ2) is 8.04. The van der Waals surface area contributed by atoms with Crippen LogP contribution in [0.4, 0.5) is 0 Å². The SMILES string of the molecule is CCc1ccccc1C.Oc1cccc(-c2ccccc2O)c1. The molecule has 118 valence electrons. The van der Waals surface area contributed by atoms with Gasteiger partial charge in [0, 0.05) is 5.56 Å². The summed E-state index contributed by atoms with van der Waals surface area (Å²) in [4.78, 5) is 0. The van der Waals surface area contributed by atoms with Crippen LogP contribution in [0.2, 0.25) is 0 Å². The van der Waals surface area contributed by atoms with Crippen molar-refractivity contribution in [3.05, 3.63) is 83.9 Å². The quantitative estimate of drug-likeness (QED) is 0.672. The molecule has 2 N–H and O–H groups in total. The van der Waals surface area contributed by atoms with E-state index in [0.29, 0.717) is 0 Å². The van der Waals surface area contributed by atoms with Gasteiger partial charge in [-0.1, -0.05) is 61.5 Å². The molecular formula is C21H22O2. The van der Waals surface area contributed by atoms with Crippen LogP contribution in [0, 0.1) is 6.92 Å². The van der Waals surface area contributed by atoms with E-state index >= 15 is 0 Å². The maximum Gasteiger partial charge on any atom is 0.123 e. The summed E-state index contributed by atoms with van der Waals surface area (Å²) >= 11 is 0. The summed E-state index contributed by atoms with van der Waals surface area (Å²) in [5, 5.41) is 18.9. The van der Waals surface area contributed by atoms with Crippen molar-refractivity contribution in [3.63, 3.8) is 0 Å². The third-order valence-electron chi connectivity index (χ3n) is 3.70. The Morgan fingerprint density at radius 2 is 1.48 bits per heavy atom. The number of aromatic hydroxyl groups is 2. The average Bonchev–Trinajstić information content (AvgIpc) is 2.56. The van der Waals surface area contributed by atoms with Crippen molar-refractivity contribution < 1.29 is 10.2 Å². The fourth-order valence-corrected chi connectivity index (χ4v) is 2.40. The second-order valence-corrected chi connectivity index (χ2v) is 5.35. The van der Waals surface area contributed by atoms with E-state index in [4.69, 9.17) is 0 Å². The van der Waals surface area contributed by atoms with Gasteiger partial charge in [0.1, 0.15) is 11.5 Å². The molecule has 3 aromatic rings. The van der Waals surface area contributed by atoms with Gasteiger partial charge in [-0.2, -0.15) is 0 Å². The Balaban J connectivity index is 0.000000185. The summed E-state index contributed by atoms with van der Waals surface area (Å²) < 4.78 is 0. The van der Waals surface area contributed by atoms with Gasteiger partial charge in [0.15, 0.2) is 0 Å².